The summed E-state index contributed by atoms with van der Waals surface area (Å²) in [6.45, 7) is 2.01. The van der Waals surface area contributed by atoms with E-state index in [4.69, 9.17) is 0 Å². The second-order valence-electron chi connectivity index (χ2n) is 6.18. The maximum Gasteiger partial charge on any atom is 0.285 e. The van der Waals surface area contributed by atoms with Crippen LogP contribution in [-0.2, 0) is 21.2 Å². The van der Waals surface area contributed by atoms with Gasteiger partial charge in [-0.3, -0.25) is 4.79 Å². The van der Waals surface area contributed by atoms with Crippen molar-refractivity contribution >= 4 is 37.5 Å². The second-order valence-corrected chi connectivity index (χ2v) is 8.80. The Kier molecular flexibility index (Phi) is 4.35. The molecule has 2 aromatic carbocycles. The van der Waals surface area contributed by atoms with Gasteiger partial charge in [0.05, 0.1) is 6.20 Å². The Morgan fingerprint density at radius 2 is 1.93 bits per heavy atom. The SMILES string of the molecule is CC(=O)N1CCc2cc(Br)c(S(=O)(=O)n3cc(-c4ccccc4)nn3)cc21. The van der Waals surface area contributed by atoms with Gasteiger partial charge in [0.15, 0.2) is 0 Å². The van der Waals surface area contributed by atoms with Crippen molar-refractivity contribution in [3.8, 4) is 11.3 Å². The van der Waals surface area contributed by atoms with Crippen molar-refractivity contribution < 1.29 is 13.2 Å². The van der Waals surface area contributed by atoms with Gasteiger partial charge in [-0.1, -0.05) is 35.5 Å². The van der Waals surface area contributed by atoms with E-state index in [1.54, 1.807) is 11.0 Å². The molecule has 0 N–H and O–H groups in total. The predicted octanol–water partition coefficient (Wildman–Crippen LogP) is 2.85. The highest BCUT2D eigenvalue weighted by Crippen LogP contribution is 2.36. The van der Waals surface area contributed by atoms with Gasteiger partial charge in [-0.25, -0.2) is 0 Å². The average Bonchev–Trinajstić information content (AvgIpc) is 3.29. The van der Waals surface area contributed by atoms with Crippen molar-refractivity contribution in [1.29, 1.82) is 0 Å². The lowest BCUT2D eigenvalue weighted by atomic mass is 10.2. The van der Waals surface area contributed by atoms with Gasteiger partial charge < -0.3 is 4.90 Å². The highest BCUT2D eigenvalue weighted by atomic mass is 79.9. The van der Waals surface area contributed by atoms with Crippen LogP contribution >= 0.6 is 15.9 Å². The van der Waals surface area contributed by atoms with Crippen molar-refractivity contribution in [1.82, 2.24) is 14.4 Å². The maximum atomic E-state index is 13.1. The fraction of sp³-hybridized carbons (Fsp3) is 0.167. The quantitative estimate of drug-likeness (QED) is 0.617. The zero-order chi connectivity index (χ0) is 19.2. The summed E-state index contributed by atoms with van der Waals surface area (Å²) >= 11 is 3.35. The van der Waals surface area contributed by atoms with E-state index < -0.39 is 10.0 Å². The molecule has 0 unspecified atom stereocenters. The number of aromatic nitrogens is 3. The molecular weight excluding hydrogens is 432 g/mol. The van der Waals surface area contributed by atoms with Crippen LogP contribution in [0.15, 0.2) is 58.0 Å². The van der Waals surface area contributed by atoms with Crippen LogP contribution in [-0.4, -0.2) is 35.3 Å². The first kappa shape index (κ1) is 17.9. The maximum absolute atomic E-state index is 13.1. The largest absolute Gasteiger partial charge is 0.312 e. The number of benzene rings is 2. The lowest BCUT2D eigenvalue weighted by Gasteiger charge is -2.16. The number of carbonyl (C=O) groups is 1. The first-order valence-corrected chi connectivity index (χ1v) is 10.4. The lowest BCUT2D eigenvalue weighted by molar-refractivity contribution is -0.116. The van der Waals surface area contributed by atoms with Crippen LogP contribution in [0.2, 0.25) is 0 Å². The van der Waals surface area contributed by atoms with Crippen molar-refractivity contribution in [2.45, 2.75) is 18.2 Å². The number of halogens is 1. The minimum absolute atomic E-state index is 0.0407. The number of hydrogen-bond donors (Lipinski definition) is 0. The minimum Gasteiger partial charge on any atom is -0.312 e. The molecule has 0 saturated carbocycles. The number of amides is 1. The Morgan fingerprint density at radius 1 is 1.19 bits per heavy atom. The number of rotatable bonds is 3. The van der Waals surface area contributed by atoms with Gasteiger partial charge in [0.25, 0.3) is 10.0 Å². The van der Waals surface area contributed by atoms with E-state index >= 15 is 0 Å². The highest BCUT2D eigenvalue weighted by molar-refractivity contribution is 9.10. The zero-order valence-corrected chi connectivity index (χ0v) is 16.7. The van der Waals surface area contributed by atoms with E-state index in [1.165, 1.54) is 19.2 Å². The molecule has 1 aliphatic heterocycles. The number of anilines is 1. The molecule has 7 nitrogen and oxygen atoms in total. The third kappa shape index (κ3) is 3.06. The van der Waals surface area contributed by atoms with Crippen molar-refractivity contribution in [3.05, 3.63) is 58.7 Å². The van der Waals surface area contributed by atoms with E-state index in [-0.39, 0.29) is 10.8 Å². The summed E-state index contributed by atoms with van der Waals surface area (Å²) in [6, 6.07) is 12.5. The summed E-state index contributed by atoms with van der Waals surface area (Å²) in [5.41, 5.74) is 2.78. The Hall–Kier alpha value is -2.52. The van der Waals surface area contributed by atoms with Crippen LogP contribution in [0.1, 0.15) is 12.5 Å². The molecule has 9 heteroatoms. The van der Waals surface area contributed by atoms with Crippen molar-refractivity contribution in [3.63, 3.8) is 0 Å². The Bertz CT molecular complexity index is 1140. The van der Waals surface area contributed by atoms with Crippen LogP contribution in [0.4, 0.5) is 5.69 Å². The lowest BCUT2D eigenvalue weighted by Crippen LogP contribution is -2.26. The molecule has 1 aliphatic rings. The number of hydrogen-bond acceptors (Lipinski definition) is 5. The molecule has 3 aromatic rings. The molecule has 27 heavy (non-hydrogen) atoms. The van der Waals surface area contributed by atoms with Crippen molar-refractivity contribution in [2.24, 2.45) is 0 Å². The van der Waals surface area contributed by atoms with Crippen LogP contribution in [0.3, 0.4) is 0 Å². The normalized spacial score (nSPS) is 13.6. The Morgan fingerprint density at radius 3 is 2.63 bits per heavy atom. The second kappa shape index (κ2) is 6.58. The molecule has 1 aromatic heterocycles. The molecule has 0 atom stereocenters. The first-order chi connectivity index (χ1) is 12.9. The van der Waals surface area contributed by atoms with E-state index in [1.807, 2.05) is 30.3 Å². The molecular formula is C18H15BrN4O3S. The fourth-order valence-corrected chi connectivity index (χ4v) is 5.26. The van der Waals surface area contributed by atoms with Gasteiger partial charge >= 0.3 is 0 Å². The number of nitrogens with zero attached hydrogens (tertiary/aromatic N) is 4. The van der Waals surface area contributed by atoms with Gasteiger partial charge in [0, 0.05) is 29.2 Å². The molecule has 4 rings (SSSR count). The van der Waals surface area contributed by atoms with E-state index in [9.17, 15) is 13.2 Å². The third-order valence-electron chi connectivity index (χ3n) is 4.48. The first-order valence-electron chi connectivity index (χ1n) is 8.22. The summed E-state index contributed by atoms with van der Waals surface area (Å²) in [5, 5.41) is 7.78. The molecule has 0 saturated heterocycles. The molecule has 0 spiro atoms. The van der Waals surface area contributed by atoms with Crippen LogP contribution < -0.4 is 4.90 Å². The van der Waals surface area contributed by atoms with E-state index in [2.05, 4.69) is 26.2 Å². The van der Waals surface area contributed by atoms with Crippen LogP contribution in [0.25, 0.3) is 11.3 Å². The summed E-state index contributed by atoms with van der Waals surface area (Å²) in [7, 11) is -3.97. The third-order valence-corrected chi connectivity index (χ3v) is 6.96. The molecule has 1 amide bonds. The van der Waals surface area contributed by atoms with Crippen LogP contribution in [0.5, 0.6) is 0 Å². The fourth-order valence-electron chi connectivity index (χ4n) is 3.12. The van der Waals surface area contributed by atoms with Gasteiger partial charge in [-0.2, -0.15) is 8.42 Å². The van der Waals surface area contributed by atoms with E-state index in [0.29, 0.717) is 28.8 Å². The molecule has 0 fully saturated rings. The average molecular weight is 447 g/mol. The molecule has 2 heterocycles. The zero-order valence-electron chi connectivity index (χ0n) is 14.3. The molecule has 0 radical (unpaired) electrons. The Balaban J connectivity index is 1.78. The van der Waals surface area contributed by atoms with Gasteiger partial charge in [-0.15, -0.1) is 9.19 Å². The van der Waals surface area contributed by atoms with E-state index in [0.717, 1.165) is 15.2 Å². The summed E-state index contributed by atoms with van der Waals surface area (Å²) < 4.78 is 27.5. The number of fused-ring (bicyclic) bond motifs is 1. The van der Waals surface area contributed by atoms with Crippen LogP contribution in [0, 0.1) is 0 Å². The number of carbonyl (C=O) groups excluding carboxylic acids is 1. The van der Waals surface area contributed by atoms with Gasteiger partial charge in [0.1, 0.15) is 10.6 Å². The molecule has 0 aliphatic carbocycles. The summed E-state index contributed by atoms with van der Waals surface area (Å²) in [5.74, 6) is -0.119. The van der Waals surface area contributed by atoms with Gasteiger partial charge in [-0.05, 0) is 40.0 Å². The van der Waals surface area contributed by atoms with Crippen molar-refractivity contribution in [2.75, 3.05) is 11.4 Å². The smallest absolute Gasteiger partial charge is 0.285 e. The van der Waals surface area contributed by atoms with Gasteiger partial charge in [0.2, 0.25) is 5.91 Å². The predicted molar refractivity (Wildman–Crippen MR) is 104 cm³/mol. The summed E-state index contributed by atoms with van der Waals surface area (Å²) in [6.07, 6.45) is 2.07. The Labute approximate surface area is 164 Å². The standard InChI is InChI=1S/C18H15BrN4O3S/c1-12(24)22-8-7-14-9-15(19)18(10-17(14)22)27(25,26)23-11-16(20-21-23)13-5-3-2-4-6-13/h2-6,9-11H,7-8H2,1H3. The topological polar surface area (TPSA) is 85.2 Å². The molecule has 138 valence electrons. The minimum atomic E-state index is -3.97. The molecule has 0 bridgehead atoms. The summed E-state index contributed by atoms with van der Waals surface area (Å²) in [4.78, 5) is 13.4. The monoisotopic (exact) mass is 446 g/mol. The highest BCUT2D eigenvalue weighted by Gasteiger charge is 2.29.